The minimum atomic E-state index is -0.798. The zero-order valence-corrected chi connectivity index (χ0v) is 16.6. The smallest absolute Gasteiger partial charge is 0.414 e. The number of benzene rings is 1. The van der Waals surface area contributed by atoms with E-state index in [-0.39, 0.29) is 25.7 Å². The van der Waals surface area contributed by atoms with Gasteiger partial charge in [0.05, 0.1) is 18.6 Å². The molecule has 2 aliphatic rings. The molecule has 0 saturated carbocycles. The van der Waals surface area contributed by atoms with Crippen LogP contribution in [0.1, 0.15) is 39.7 Å². The van der Waals surface area contributed by atoms with Gasteiger partial charge in [-0.05, 0) is 49.4 Å². The number of amides is 3. The Morgan fingerprint density at radius 1 is 1.17 bits per heavy atom. The number of anilines is 1. The predicted octanol–water partition coefficient (Wildman–Crippen LogP) is 3.03. The highest BCUT2D eigenvalue weighted by Gasteiger charge is 2.28. The van der Waals surface area contributed by atoms with Crippen molar-refractivity contribution in [2.75, 3.05) is 18.7 Å². The first-order chi connectivity index (χ1) is 14.0. The van der Waals surface area contributed by atoms with Gasteiger partial charge in [-0.15, -0.1) is 11.3 Å². The van der Waals surface area contributed by atoms with Gasteiger partial charge in [-0.2, -0.15) is 0 Å². The van der Waals surface area contributed by atoms with Gasteiger partial charge in [0.25, 0.3) is 5.91 Å². The van der Waals surface area contributed by atoms with Crippen molar-refractivity contribution in [3.05, 3.63) is 39.8 Å². The first-order valence-corrected chi connectivity index (χ1v) is 10.2. The number of rotatable bonds is 5. The predicted molar refractivity (Wildman–Crippen MR) is 106 cm³/mol. The third-order valence-corrected chi connectivity index (χ3v) is 5.90. The van der Waals surface area contributed by atoms with Crippen molar-refractivity contribution in [1.82, 2.24) is 5.32 Å². The van der Waals surface area contributed by atoms with Crippen LogP contribution in [0.25, 0.3) is 0 Å². The summed E-state index contributed by atoms with van der Waals surface area (Å²) in [5.41, 5.74) is 2.03. The Hall–Kier alpha value is -3.07. The van der Waals surface area contributed by atoms with Gasteiger partial charge in [0, 0.05) is 4.88 Å². The normalized spacial score (nSPS) is 13.7. The summed E-state index contributed by atoms with van der Waals surface area (Å²) < 4.78 is 15.4. The zero-order chi connectivity index (χ0) is 20.4. The lowest BCUT2D eigenvalue weighted by atomic mass is 10.1. The second-order valence-electron chi connectivity index (χ2n) is 6.65. The van der Waals surface area contributed by atoms with Crippen LogP contribution in [0.3, 0.4) is 0 Å². The number of hydrogen-bond donors (Lipinski definition) is 2. The topological polar surface area (TPSA) is 103 Å². The van der Waals surface area contributed by atoms with Crippen LogP contribution in [0.2, 0.25) is 0 Å². The standard InChI is InChI=1S/C20H20N2O6S/c1-2-26-20(25)22-18(24)17-12-4-3-5-15(12)29-19(17)21-16(23)9-11-6-7-13-14(8-11)28-10-27-13/h6-8H,2-5,9-10H2,1H3,(H,21,23)(H,22,24,25). The SMILES string of the molecule is CCOC(=O)NC(=O)c1c(NC(=O)Cc2ccc3c(c2)OCO3)sc2c1CCC2. The summed E-state index contributed by atoms with van der Waals surface area (Å²) in [4.78, 5) is 38.0. The molecule has 0 saturated heterocycles. The van der Waals surface area contributed by atoms with Crippen molar-refractivity contribution in [2.24, 2.45) is 0 Å². The molecule has 0 bridgehead atoms. The monoisotopic (exact) mass is 416 g/mol. The van der Waals surface area contributed by atoms with Crippen LogP contribution in [-0.2, 0) is 28.8 Å². The molecule has 0 spiro atoms. The van der Waals surface area contributed by atoms with E-state index >= 15 is 0 Å². The number of carbonyl (C=O) groups is 3. The van der Waals surface area contributed by atoms with Gasteiger partial charge in [0.15, 0.2) is 11.5 Å². The number of fused-ring (bicyclic) bond motifs is 2. The van der Waals surface area contributed by atoms with E-state index < -0.39 is 12.0 Å². The van der Waals surface area contributed by atoms with Gasteiger partial charge >= 0.3 is 6.09 Å². The van der Waals surface area contributed by atoms with Gasteiger partial charge in [-0.3, -0.25) is 14.9 Å². The van der Waals surface area contributed by atoms with Crippen LogP contribution >= 0.6 is 11.3 Å². The molecule has 2 heterocycles. The first kappa shape index (κ1) is 19.3. The van der Waals surface area contributed by atoms with Gasteiger partial charge < -0.3 is 19.5 Å². The molecule has 1 aliphatic carbocycles. The number of carbonyl (C=O) groups excluding carboxylic acids is 3. The molecule has 2 aromatic rings. The van der Waals surface area contributed by atoms with Crippen molar-refractivity contribution in [3.8, 4) is 11.5 Å². The first-order valence-electron chi connectivity index (χ1n) is 9.36. The molecule has 3 amide bonds. The third kappa shape index (κ3) is 4.04. The molecule has 2 N–H and O–H groups in total. The van der Waals surface area contributed by atoms with E-state index in [1.165, 1.54) is 11.3 Å². The van der Waals surface area contributed by atoms with Crippen LogP contribution in [0.5, 0.6) is 11.5 Å². The maximum absolute atomic E-state index is 12.7. The Labute approximate surface area is 171 Å². The molecular formula is C20H20N2O6S. The molecule has 4 rings (SSSR count). The highest BCUT2D eigenvalue weighted by atomic mass is 32.1. The highest BCUT2D eigenvalue weighted by molar-refractivity contribution is 7.17. The molecule has 0 radical (unpaired) electrons. The van der Waals surface area contributed by atoms with E-state index in [1.807, 2.05) is 0 Å². The summed E-state index contributed by atoms with van der Waals surface area (Å²) in [6, 6.07) is 5.34. The van der Waals surface area contributed by atoms with E-state index in [2.05, 4.69) is 10.6 Å². The highest BCUT2D eigenvalue weighted by Crippen LogP contribution is 2.39. The fourth-order valence-corrected chi connectivity index (χ4v) is 4.76. The van der Waals surface area contributed by atoms with E-state index in [0.717, 1.165) is 35.3 Å². The third-order valence-electron chi connectivity index (χ3n) is 4.69. The molecule has 1 aliphatic heterocycles. The molecule has 0 fully saturated rings. The largest absolute Gasteiger partial charge is 0.454 e. The minimum Gasteiger partial charge on any atom is -0.454 e. The number of ether oxygens (including phenoxy) is 3. The summed E-state index contributed by atoms with van der Waals surface area (Å²) in [7, 11) is 0. The van der Waals surface area contributed by atoms with Gasteiger partial charge in [-0.1, -0.05) is 6.07 Å². The second-order valence-corrected chi connectivity index (χ2v) is 7.75. The van der Waals surface area contributed by atoms with Crippen LogP contribution < -0.4 is 20.1 Å². The fraction of sp³-hybridized carbons (Fsp3) is 0.350. The Bertz CT molecular complexity index is 984. The minimum absolute atomic E-state index is 0.123. The lowest BCUT2D eigenvalue weighted by Gasteiger charge is -2.09. The van der Waals surface area contributed by atoms with Crippen molar-refractivity contribution in [1.29, 1.82) is 0 Å². The fourth-order valence-electron chi connectivity index (χ4n) is 3.46. The number of thiophene rings is 1. The Kier molecular flexibility index (Phi) is 5.39. The van der Waals surface area contributed by atoms with Crippen LogP contribution in [0.4, 0.5) is 9.80 Å². The van der Waals surface area contributed by atoms with Crippen LogP contribution in [0.15, 0.2) is 18.2 Å². The Morgan fingerprint density at radius 2 is 2.00 bits per heavy atom. The summed E-state index contributed by atoms with van der Waals surface area (Å²) in [5.74, 6) is 0.455. The van der Waals surface area contributed by atoms with Crippen molar-refractivity contribution in [3.63, 3.8) is 0 Å². The maximum atomic E-state index is 12.7. The molecule has 1 aromatic heterocycles. The van der Waals surface area contributed by atoms with Crippen molar-refractivity contribution >= 4 is 34.2 Å². The Morgan fingerprint density at radius 3 is 2.83 bits per heavy atom. The average Bonchev–Trinajstić information content (AvgIpc) is 3.36. The maximum Gasteiger partial charge on any atom is 0.414 e. The molecule has 0 unspecified atom stereocenters. The van der Waals surface area contributed by atoms with E-state index in [0.29, 0.717) is 22.1 Å². The zero-order valence-electron chi connectivity index (χ0n) is 15.8. The molecule has 0 atom stereocenters. The molecule has 29 heavy (non-hydrogen) atoms. The van der Waals surface area contributed by atoms with Gasteiger partial charge in [0.1, 0.15) is 5.00 Å². The van der Waals surface area contributed by atoms with E-state index in [9.17, 15) is 14.4 Å². The van der Waals surface area contributed by atoms with Crippen molar-refractivity contribution in [2.45, 2.75) is 32.6 Å². The van der Waals surface area contributed by atoms with Gasteiger partial charge in [0.2, 0.25) is 12.7 Å². The van der Waals surface area contributed by atoms with Gasteiger partial charge in [-0.25, -0.2) is 4.79 Å². The molecule has 8 nitrogen and oxygen atoms in total. The van der Waals surface area contributed by atoms with E-state index in [1.54, 1.807) is 25.1 Å². The lowest BCUT2D eigenvalue weighted by Crippen LogP contribution is -2.32. The molecule has 152 valence electrons. The Balaban J connectivity index is 1.50. The quantitative estimate of drug-likeness (QED) is 0.777. The van der Waals surface area contributed by atoms with Crippen LogP contribution in [-0.4, -0.2) is 31.3 Å². The van der Waals surface area contributed by atoms with E-state index in [4.69, 9.17) is 14.2 Å². The van der Waals surface area contributed by atoms with Crippen molar-refractivity contribution < 1.29 is 28.6 Å². The average molecular weight is 416 g/mol. The number of nitrogens with one attached hydrogen (secondary N) is 2. The number of imide groups is 1. The van der Waals surface area contributed by atoms with Crippen LogP contribution in [0, 0.1) is 0 Å². The summed E-state index contributed by atoms with van der Waals surface area (Å²) in [6.07, 6.45) is 1.88. The number of hydrogen-bond acceptors (Lipinski definition) is 7. The molecular weight excluding hydrogens is 396 g/mol. The molecule has 9 heteroatoms. The number of aryl methyl sites for hydroxylation is 1. The lowest BCUT2D eigenvalue weighted by molar-refractivity contribution is -0.115. The second kappa shape index (κ2) is 8.12. The number of alkyl carbamates (subject to hydrolysis) is 1. The summed E-state index contributed by atoms with van der Waals surface area (Å²) in [5, 5.41) is 5.53. The summed E-state index contributed by atoms with van der Waals surface area (Å²) in [6.45, 7) is 2.00. The summed E-state index contributed by atoms with van der Waals surface area (Å²) >= 11 is 1.39. The molecule has 1 aromatic carbocycles.